The summed E-state index contributed by atoms with van der Waals surface area (Å²) in [6.45, 7) is 1.93. The molecule has 0 fully saturated rings. The molecule has 0 aliphatic carbocycles. The van der Waals surface area contributed by atoms with Gasteiger partial charge in [-0.2, -0.15) is 0 Å². The molecule has 0 bridgehead atoms. The number of aromatic nitrogens is 1. The summed E-state index contributed by atoms with van der Waals surface area (Å²) in [5.74, 6) is -0.264. The van der Waals surface area contributed by atoms with Gasteiger partial charge in [0, 0.05) is 52.0 Å². The van der Waals surface area contributed by atoms with E-state index in [1.807, 2.05) is 24.3 Å². The lowest BCUT2D eigenvalue weighted by Gasteiger charge is -2.23. The minimum Gasteiger partial charge on any atom is -0.294 e. The van der Waals surface area contributed by atoms with Crippen molar-refractivity contribution in [2.75, 3.05) is 20.6 Å². The van der Waals surface area contributed by atoms with E-state index >= 15 is 0 Å². The lowest BCUT2D eigenvalue weighted by Crippen LogP contribution is -2.26. The average molecular weight is 428 g/mol. The van der Waals surface area contributed by atoms with Crippen LogP contribution in [-0.2, 0) is 29.5 Å². The number of sulfonamides is 1. The summed E-state index contributed by atoms with van der Waals surface area (Å²) < 4.78 is 39.4. The molecule has 1 heterocycles. The van der Waals surface area contributed by atoms with Crippen LogP contribution in [0.1, 0.15) is 16.8 Å². The molecule has 1 aromatic heterocycles. The van der Waals surface area contributed by atoms with E-state index in [1.165, 1.54) is 30.5 Å². The van der Waals surface area contributed by atoms with Gasteiger partial charge < -0.3 is 0 Å². The second-order valence-electron chi connectivity index (χ2n) is 7.34. The Morgan fingerprint density at radius 1 is 0.900 bits per heavy atom. The molecule has 0 saturated heterocycles. The minimum atomic E-state index is -3.49. The molecule has 5 nitrogen and oxygen atoms in total. The monoisotopic (exact) mass is 427 g/mol. The Morgan fingerprint density at radius 3 is 2.30 bits per heavy atom. The van der Waals surface area contributed by atoms with Crippen LogP contribution in [0.4, 0.5) is 4.39 Å². The largest absolute Gasteiger partial charge is 0.294 e. The van der Waals surface area contributed by atoms with Crippen LogP contribution in [0.3, 0.4) is 0 Å². The van der Waals surface area contributed by atoms with Crippen LogP contribution in [0.15, 0.2) is 77.8 Å². The van der Waals surface area contributed by atoms with Crippen LogP contribution in [0.5, 0.6) is 0 Å². The fourth-order valence-corrected chi connectivity index (χ4v) is 4.13. The first-order valence-electron chi connectivity index (χ1n) is 9.73. The summed E-state index contributed by atoms with van der Waals surface area (Å²) in [5.41, 5.74) is 2.89. The second-order valence-corrected chi connectivity index (χ2v) is 9.49. The maximum Gasteiger partial charge on any atom is 0.242 e. The molecule has 158 valence electrons. The Bertz CT molecular complexity index is 1060. The molecule has 0 amide bonds. The van der Waals surface area contributed by atoms with Gasteiger partial charge in [-0.05, 0) is 47.5 Å². The molecule has 3 rings (SSSR count). The maximum absolute atomic E-state index is 13.3. The number of benzene rings is 2. The maximum atomic E-state index is 13.3. The SMILES string of the molecule is CN(C)S(=O)(=O)c1cccc(CN(CCc2ccccn2)Cc2ccc(F)cc2)c1. The van der Waals surface area contributed by atoms with Gasteiger partial charge in [-0.15, -0.1) is 0 Å². The van der Waals surface area contributed by atoms with Gasteiger partial charge in [0.2, 0.25) is 10.0 Å². The summed E-state index contributed by atoms with van der Waals surface area (Å²) in [4.78, 5) is 6.87. The normalized spacial score (nSPS) is 11.9. The molecule has 3 aromatic rings. The molecule has 0 aliphatic heterocycles. The predicted octanol–water partition coefficient (Wildman–Crippen LogP) is 3.72. The van der Waals surface area contributed by atoms with E-state index in [4.69, 9.17) is 0 Å². The van der Waals surface area contributed by atoms with E-state index < -0.39 is 10.0 Å². The van der Waals surface area contributed by atoms with Gasteiger partial charge in [-0.1, -0.05) is 30.3 Å². The van der Waals surface area contributed by atoms with Gasteiger partial charge in [0.25, 0.3) is 0 Å². The van der Waals surface area contributed by atoms with Crippen molar-refractivity contribution >= 4 is 10.0 Å². The van der Waals surface area contributed by atoms with Crippen LogP contribution in [0, 0.1) is 5.82 Å². The molecule has 0 spiro atoms. The van der Waals surface area contributed by atoms with E-state index in [9.17, 15) is 12.8 Å². The smallest absolute Gasteiger partial charge is 0.242 e. The van der Waals surface area contributed by atoms with Crippen molar-refractivity contribution < 1.29 is 12.8 Å². The fraction of sp³-hybridized carbons (Fsp3) is 0.261. The second kappa shape index (κ2) is 9.93. The highest BCUT2D eigenvalue weighted by Gasteiger charge is 2.18. The van der Waals surface area contributed by atoms with Gasteiger partial charge in [0.05, 0.1) is 4.90 Å². The van der Waals surface area contributed by atoms with Crippen LogP contribution >= 0.6 is 0 Å². The van der Waals surface area contributed by atoms with E-state index in [-0.39, 0.29) is 10.7 Å². The number of hydrogen-bond acceptors (Lipinski definition) is 4. The molecule has 0 atom stereocenters. The van der Waals surface area contributed by atoms with Gasteiger partial charge in [0.1, 0.15) is 5.82 Å². The third-order valence-electron chi connectivity index (χ3n) is 4.81. The molecule has 0 N–H and O–H groups in total. The van der Waals surface area contributed by atoms with Crippen molar-refractivity contribution in [2.24, 2.45) is 0 Å². The summed E-state index contributed by atoms with van der Waals surface area (Å²) >= 11 is 0. The number of halogens is 1. The summed E-state index contributed by atoms with van der Waals surface area (Å²) in [6, 6.07) is 19.3. The third kappa shape index (κ3) is 5.95. The quantitative estimate of drug-likeness (QED) is 0.522. The van der Waals surface area contributed by atoms with Crippen molar-refractivity contribution in [1.29, 1.82) is 0 Å². The zero-order valence-electron chi connectivity index (χ0n) is 17.2. The van der Waals surface area contributed by atoms with Crippen LogP contribution in [-0.4, -0.2) is 43.2 Å². The lowest BCUT2D eigenvalue weighted by atomic mass is 10.1. The van der Waals surface area contributed by atoms with Gasteiger partial charge >= 0.3 is 0 Å². The molecule has 2 aromatic carbocycles. The molecule has 7 heteroatoms. The Balaban J connectivity index is 1.80. The molecule has 0 saturated carbocycles. The van der Waals surface area contributed by atoms with E-state index in [0.29, 0.717) is 13.1 Å². The van der Waals surface area contributed by atoms with Crippen molar-refractivity contribution in [3.8, 4) is 0 Å². The van der Waals surface area contributed by atoms with Gasteiger partial charge in [0.15, 0.2) is 0 Å². The van der Waals surface area contributed by atoms with Gasteiger partial charge in [-0.3, -0.25) is 9.88 Å². The molecular formula is C23H26FN3O2S. The Kier molecular flexibility index (Phi) is 7.31. The summed E-state index contributed by atoms with van der Waals surface area (Å²) in [7, 11) is -0.444. The number of rotatable bonds is 9. The number of pyridine rings is 1. The molecule has 0 radical (unpaired) electrons. The highest BCUT2D eigenvalue weighted by Crippen LogP contribution is 2.18. The molecule has 30 heavy (non-hydrogen) atoms. The van der Waals surface area contributed by atoms with Crippen LogP contribution in [0.2, 0.25) is 0 Å². The van der Waals surface area contributed by atoms with Crippen molar-refractivity contribution in [2.45, 2.75) is 24.4 Å². The third-order valence-corrected chi connectivity index (χ3v) is 6.62. The van der Waals surface area contributed by atoms with E-state index in [2.05, 4.69) is 9.88 Å². The zero-order valence-corrected chi connectivity index (χ0v) is 18.0. The first-order chi connectivity index (χ1) is 14.3. The van der Waals surface area contributed by atoms with Crippen molar-refractivity contribution in [3.05, 3.63) is 95.6 Å². The standard InChI is InChI=1S/C23H26FN3O2S/c1-26(2)30(28,29)23-8-5-6-20(16-23)18-27(15-13-22-7-3-4-14-25-22)17-19-9-11-21(24)12-10-19/h3-12,14,16H,13,15,17-18H2,1-2H3. The molecule has 0 aliphatic rings. The minimum absolute atomic E-state index is 0.264. The van der Waals surface area contributed by atoms with Crippen LogP contribution < -0.4 is 0 Å². The predicted molar refractivity (Wildman–Crippen MR) is 116 cm³/mol. The number of nitrogens with zero attached hydrogens (tertiary/aromatic N) is 3. The molecular weight excluding hydrogens is 401 g/mol. The first kappa shape index (κ1) is 22.1. The zero-order chi connectivity index (χ0) is 21.6. The Morgan fingerprint density at radius 2 is 1.63 bits per heavy atom. The highest BCUT2D eigenvalue weighted by atomic mass is 32.2. The Labute approximate surface area is 177 Å². The van der Waals surface area contributed by atoms with Gasteiger partial charge in [-0.25, -0.2) is 17.1 Å². The molecule has 0 unspecified atom stereocenters. The average Bonchev–Trinajstić information content (AvgIpc) is 2.74. The van der Waals surface area contributed by atoms with E-state index in [1.54, 1.807) is 36.5 Å². The van der Waals surface area contributed by atoms with Crippen molar-refractivity contribution in [3.63, 3.8) is 0 Å². The van der Waals surface area contributed by atoms with E-state index in [0.717, 1.165) is 29.8 Å². The number of hydrogen-bond donors (Lipinski definition) is 0. The lowest BCUT2D eigenvalue weighted by molar-refractivity contribution is 0.259. The Hall–Kier alpha value is -2.61. The fourth-order valence-electron chi connectivity index (χ4n) is 3.15. The summed E-state index contributed by atoms with van der Waals surface area (Å²) in [6.07, 6.45) is 2.53. The van der Waals surface area contributed by atoms with Crippen molar-refractivity contribution in [1.82, 2.24) is 14.2 Å². The van der Waals surface area contributed by atoms with Crippen LogP contribution in [0.25, 0.3) is 0 Å². The first-order valence-corrected chi connectivity index (χ1v) is 11.2. The summed E-state index contributed by atoms with van der Waals surface area (Å²) in [5, 5.41) is 0. The topological polar surface area (TPSA) is 53.5 Å². The highest BCUT2D eigenvalue weighted by molar-refractivity contribution is 7.89.